The van der Waals surface area contributed by atoms with Gasteiger partial charge in [0.2, 0.25) is 0 Å². The van der Waals surface area contributed by atoms with Crippen molar-refractivity contribution in [3.05, 3.63) is 54.2 Å². The minimum Gasteiger partial charge on any atom is -0.367 e. The summed E-state index contributed by atoms with van der Waals surface area (Å²) in [4.78, 5) is 20.9. The van der Waals surface area contributed by atoms with Crippen molar-refractivity contribution >= 4 is 17.4 Å². The van der Waals surface area contributed by atoms with Crippen LogP contribution in [0.2, 0.25) is 0 Å². The fourth-order valence-corrected chi connectivity index (χ4v) is 3.52. The third-order valence-corrected chi connectivity index (χ3v) is 5.39. The quantitative estimate of drug-likeness (QED) is 0.350. The number of H-pyrrole nitrogens is 1. The van der Waals surface area contributed by atoms with E-state index in [1.807, 2.05) is 0 Å². The highest BCUT2D eigenvalue weighted by atomic mass is 19.4. The Bertz CT molecular complexity index is 1340. The van der Waals surface area contributed by atoms with E-state index in [2.05, 4.69) is 30.8 Å². The van der Waals surface area contributed by atoms with Gasteiger partial charge in [0.25, 0.3) is 5.91 Å². The van der Waals surface area contributed by atoms with E-state index < -0.39 is 24.3 Å². The molecule has 8 nitrogen and oxygen atoms in total. The number of aromatic amines is 1. The van der Waals surface area contributed by atoms with E-state index >= 15 is 0 Å². The van der Waals surface area contributed by atoms with Crippen LogP contribution in [0.5, 0.6) is 0 Å². The monoisotopic (exact) mass is 473 g/mol. The lowest BCUT2D eigenvalue weighted by Gasteiger charge is -2.12. The van der Waals surface area contributed by atoms with E-state index in [0.29, 0.717) is 22.6 Å². The lowest BCUT2D eigenvalue weighted by molar-refractivity contribution is -0.131. The molecular weight excluding hydrogens is 454 g/mol. The number of nitrogens with one attached hydrogen (secondary N) is 3. The number of imidazole rings is 1. The van der Waals surface area contributed by atoms with Gasteiger partial charge in [-0.15, -0.1) is 0 Å². The highest BCUT2D eigenvalue weighted by molar-refractivity contribution is 5.95. The molecule has 12 heteroatoms. The molecule has 0 aliphatic heterocycles. The van der Waals surface area contributed by atoms with E-state index in [0.717, 1.165) is 12.8 Å². The van der Waals surface area contributed by atoms with Crippen molar-refractivity contribution in [1.82, 2.24) is 29.9 Å². The standard InChI is InChI=1S/C22H19F4N7O/c23-15-9-12(1-4-14(15)21(34)30-13-2-3-13)18-10-28-20-19(27-8-6-22(24,25)26)31-17(11-33(18)20)16-5-7-29-32-16/h1,4-5,7,9-11,13H,2-3,6,8H2,(H,27,31)(H,29,32)(H,30,34). The van der Waals surface area contributed by atoms with Gasteiger partial charge in [-0.05, 0) is 31.0 Å². The van der Waals surface area contributed by atoms with Crippen molar-refractivity contribution in [2.75, 3.05) is 11.9 Å². The molecular formula is C22H19F4N7O. The van der Waals surface area contributed by atoms with Crippen LogP contribution in [0.4, 0.5) is 23.4 Å². The average Bonchev–Trinajstić information content (AvgIpc) is 3.24. The molecule has 0 bridgehead atoms. The number of alkyl halides is 3. The Morgan fingerprint density at radius 2 is 2.06 bits per heavy atom. The summed E-state index contributed by atoms with van der Waals surface area (Å²) in [5, 5.41) is 12.1. The Hall–Kier alpha value is -3.96. The van der Waals surface area contributed by atoms with Crippen LogP contribution in [0, 0.1) is 5.82 Å². The van der Waals surface area contributed by atoms with Gasteiger partial charge >= 0.3 is 6.18 Å². The Labute approximate surface area is 190 Å². The summed E-state index contributed by atoms with van der Waals surface area (Å²) in [5.41, 5.74) is 2.08. The molecule has 176 valence electrons. The number of amides is 1. The van der Waals surface area contributed by atoms with Gasteiger partial charge in [0.05, 0.1) is 29.6 Å². The predicted molar refractivity (Wildman–Crippen MR) is 116 cm³/mol. The predicted octanol–water partition coefficient (Wildman–Crippen LogP) is 4.18. The SMILES string of the molecule is O=C(NC1CC1)c1ccc(-c2cnc3c(NCCC(F)(F)F)nc(-c4ccn[nH]4)cn23)cc1F. The van der Waals surface area contributed by atoms with Gasteiger partial charge in [-0.2, -0.15) is 18.3 Å². The molecule has 0 saturated heterocycles. The molecule has 34 heavy (non-hydrogen) atoms. The third-order valence-electron chi connectivity index (χ3n) is 5.39. The first-order valence-electron chi connectivity index (χ1n) is 10.6. The number of aromatic nitrogens is 5. The fraction of sp³-hybridized carbons (Fsp3) is 0.273. The average molecular weight is 473 g/mol. The van der Waals surface area contributed by atoms with Gasteiger partial charge in [-0.25, -0.2) is 14.4 Å². The molecule has 0 atom stereocenters. The Morgan fingerprint density at radius 3 is 2.74 bits per heavy atom. The largest absolute Gasteiger partial charge is 0.390 e. The molecule has 0 radical (unpaired) electrons. The van der Waals surface area contributed by atoms with Gasteiger partial charge in [0.15, 0.2) is 11.5 Å². The molecule has 1 saturated carbocycles. The number of rotatable bonds is 7. The van der Waals surface area contributed by atoms with E-state index in [1.54, 1.807) is 22.7 Å². The minimum absolute atomic E-state index is 0.0567. The van der Waals surface area contributed by atoms with Gasteiger partial charge < -0.3 is 10.6 Å². The number of hydrogen-bond donors (Lipinski definition) is 3. The van der Waals surface area contributed by atoms with E-state index in [1.165, 1.54) is 24.5 Å². The zero-order valence-corrected chi connectivity index (χ0v) is 17.7. The topological polar surface area (TPSA) is 100 Å². The Kier molecular flexibility index (Phi) is 5.42. The Morgan fingerprint density at radius 1 is 1.24 bits per heavy atom. The van der Waals surface area contributed by atoms with Crippen molar-refractivity contribution in [3.63, 3.8) is 0 Å². The number of carbonyl (C=O) groups excluding carboxylic acids is 1. The number of nitrogens with zero attached hydrogens (tertiary/aromatic N) is 4. The first kappa shape index (κ1) is 21.9. The molecule has 4 aromatic rings. The van der Waals surface area contributed by atoms with Crippen molar-refractivity contribution in [2.24, 2.45) is 0 Å². The maximum absolute atomic E-state index is 14.8. The number of carbonyl (C=O) groups is 1. The van der Waals surface area contributed by atoms with E-state index in [9.17, 15) is 22.4 Å². The maximum Gasteiger partial charge on any atom is 0.390 e. The number of benzene rings is 1. The van der Waals surface area contributed by atoms with Crippen LogP contribution < -0.4 is 10.6 Å². The fourth-order valence-electron chi connectivity index (χ4n) is 3.52. The Balaban J connectivity index is 1.52. The van der Waals surface area contributed by atoms with Crippen LogP contribution in [0.25, 0.3) is 28.3 Å². The van der Waals surface area contributed by atoms with Gasteiger partial charge in [0.1, 0.15) is 11.5 Å². The second kappa shape index (κ2) is 8.43. The second-order valence-electron chi connectivity index (χ2n) is 8.02. The lowest BCUT2D eigenvalue weighted by Crippen LogP contribution is -2.26. The third kappa shape index (κ3) is 4.56. The summed E-state index contributed by atoms with van der Waals surface area (Å²) in [6, 6.07) is 6.00. The molecule has 1 aliphatic rings. The molecule has 0 unspecified atom stereocenters. The summed E-state index contributed by atoms with van der Waals surface area (Å²) >= 11 is 0. The van der Waals surface area contributed by atoms with Gasteiger partial charge in [-0.3, -0.25) is 14.3 Å². The summed E-state index contributed by atoms with van der Waals surface area (Å²) in [6.07, 6.45) is 1.04. The molecule has 0 spiro atoms. The molecule has 5 rings (SSSR count). The van der Waals surface area contributed by atoms with Crippen molar-refractivity contribution < 1.29 is 22.4 Å². The van der Waals surface area contributed by atoms with Crippen LogP contribution in [-0.2, 0) is 0 Å². The number of hydrogen-bond acceptors (Lipinski definition) is 5. The van der Waals surface area contributed by atoms with Crippen LogP contribution >= 0.6 is 0 Å². The summed E-state index contributed by atoms with van der Waals surface area (Å²) in [7, 11) is 0. The molecule has 3 heterocycles. The first-order chi connectivity index (χ1) is 16.3. The number of fused-ring (bicyclic) bond motifs is 1. The highest BCUT2D eigenvalue weighted by Gasteiger charge is 2.27. The molecule has 1 aromatic carbocycles. The number of anilines is 1. The second-order valence-corrected chi connectivity index (χ2v) is 8.02. The number of halogens is 4. The molecule has 3 N–H and O–H groups in total. The van der Waals surface area contributed by atoms with Crippen molar-refractivity contribution in [2.45, 2.75) is 31.5 Å². The first-order valence-corrected chi connectivity index (χ1v) is 10.6. The molecule has 3 aromatic heterocycles. The molecule has 1 fully saturated rings. The normalized spacial score (nSPS) is 13.9. The van der Waals surface area contributed by atoms with Crippen LogP contribution in [-0.4, -0.2) is 49.2 Å². The van der Waals surface area contributed by atoms with Crippen LogP contribution in [0.1, 0.15) is 29.6 Å². The highest BCUT2D eigenvalue weighted by Crippen LogP contribution is 2.29. The summed E-state index contributed by atoms with van der Waals surface area (Å²) in [6.45, 7) is -0.389. The zero-order valence-electron chi connectivity index (χ0n) is 17.7. The minimum atomic E-state index is -4.32. The van der Waals surface area contributed by atoms with Crippen molar-refractivity contribution in [1.29, 1.82) is 0 Å². The van der Waals surface area contributed by atoms with E-state index in [4.69, 9.17) is 0 Å². The zero-order chi connectivity index (χ0) is 23.9. The lowest BCUT2D eigenvalue weighted by atomic mass is 10.1. The van der Waals surface area contributed by atoms with Crippen LogP contribution in [0.3, 0.4) is 0 Å². The molecule has 1 aliphatic carbocycles. The van der Waals surface area contributed by atoms with Gasteiger partial charge in [-0.1, -0.05) is 6.07 Å². The maximum atomic E-state index is 14.8. The smallest absolute Gasteiger partial charge is 0.367 e. The molecule has 1 amide bonds. The van der Waals surface area contributed by atoms with E-state index in [-0.39, 0.29) is 29.6 Å². The van der Waals surface area contributed by atoms with Gasteiger partial charge in [0, 0.05) is 30.5 Å². The summed E-state index contributed by atoms with van der Waals surface area (Å²) < 4.78 is 54.3. The van der Waals surface area contributed by atoms with Crippen molar-refractivity contribution in [3.8, 4) is 22.6 Å². The summed E-state index contributed by atoms with van der Waals surface area (Å²) in [5.74, 6) is -1.01. The van der Waals surface area contributed by atoms with Crippen LogP contribution in [0.15, 0.2) is 42.9 Å².